The lowest BCUT2D eigenvalue weighted by Gasteiger charge is -2.32. The molecule has 1 aromatic rings. The molecular weight excluding hydrogens is 276 g/mol. The Morgan fingerprint density at radius 1 is 1.29 bits per heavy atom. The van der Waals surface area contributed by atoms with Gasteiger partial charge in [-0.05, 0) is 49.9 Å². The number of rotatable bonds is 2. The number of fused-ring (bicyclic) bond motifs is 2. The Hall–Kier alpha value is -0.540. The van der Waals surface area contributed by atoms with Gasteiger partial charge >= 0.3 is 0 Å². The summed E-state index contributed by atoms with van der Waals surface area (Å²) in [7, 11) is 0. The van der Waals surface area contributed by atoms with Crippen LogP contribution >= 0.6 is 15.9 Å². The van der Waals surface area contributed by atoms with Crippen molar-refractivity contribution >= 4 is 21.6 Å². The summed E-state index contributed by atoms with van der Waals surface area (Å²) in [5.41, 5.74) is 2.62. The van der Waals surface area contributed by atoms with E-state index < -0.39 is 0 Å². The molecule has 3 atom stereocenters. The highest BCUT2D eigenvalue weighted by molar-refractivity contribution is 9.10. The Bertz CT molecular complexity index is 419. The lowest BCUT2D eigenvalue weighted by molar-refractivity contribution is 0.255. The third-order valence-corrected chi connectivity index (χ3v) is 5.10. The maximum atomic E-state index is 3.76. The maximum absolute atomic E-state index is 3.76. The van der Waals surface area contributed by atoms with Crippen molar-refractivity contribution in [2.24, 2.45) is 5.92 Å². The number of halogens is 1. The minimum Gasteiger partial charge on any atom is -0.382 e. The molecule has 2 saturated heterocycles. The Morgan fingerprint density at radius 2 is 2.12 bits per heavy atom. The number of anilines is 1. The number of benzene rings is 1. The quantitative estimate of drug-likeness (QED) is 0.901. The van der Waals surface area contributed by atoms with Crippen molar-refractivity contribution in [3.8, 4) is 0 Å². The molecule has 2 heterocycles. The molecule has 92 valence electrons. The standard InChI is InChI=1S/C14H19BrN2/c1-10-12(15)3-2-4-13(10)16-14-6-8-17-7-5-11(14)9-17/h2-4,11,14,16H,5-9H2,1H3. The molecule has 2 bridgehead atoms. The van der Waals surface area contributed by atoms with Crippen molar-refractivity contribution in [1.29, 1.82) is 0 Å². The highest BCUT2D eigenvalue weighted by atomic mass is 79.9. The Morgan fingerprint density at radius 3 is 3.00 bits per heavy atom. The molecule has 3 rings (SSSR count). The van der Waals surface area contributed by atoms with Crippen molar-refractivity contribution in [2.45, 2.75) is 25.8 Å². The molecule has 0 aromatic heterocycles. The molecule has 0 radical (unpaired) electrons. The molecule has 0 spiro atoms. The fraction of sp³-hybridized carbons (Fsp3) is 0.571. The van der Waals surface area contributed by atoms with Gasteiger partial charge in [-0.25, -0.2) is 0 Å². The average molecular weight is 295 g/mol. The summed E-state index contributed by atoms with van der Waals surface area (Å²) in [4.78, 5) is 2.59. The van der Waals surface area contributed by atoms with Crippen molar-refractivity contribution in [1.82, 2.24) is 4.90 Å². The van der Waals surface area contributed by atoms with E-state index in [9.17, 15) is 0 Å². The lowest BCUT2D eigenvalue weighted by atomic mass is 9.93. The minimum atomic E-state index is 0.668. The normalized spacial score (nSPS) is 31.5. The van der Waals surface area contributed by atoms with Crippen LogP contribution in [0.4, 0.5) is 5.69 Å². The van der Waals surface area contributed by atoms with E-state index in [0.29, 0.717) is 6.04 Å². The first-order chi connectivity index (χ1) is 8.24. The fourth-order valence-electron chi connectivity index (χ4n) is 3.11. The van der Waals surface area contributed by atoms with Gasteiger partial charge in [-0.15, -0.1) is 0 Å². The highest BCUT2D eigenvalue weighted by Gasteiger charge is 2.34. The summed E-state index contributed by atoms with van der Waals surface area (Å²) < 4.78 is 1.20. The Balaban J connectivity index is 1.76. The first kappa shape index (κ1) is 11.5. The van der Waals surface area contributed by atoms with Crippen LogP contribution in [-0.2, 0) is 0 Å². The van der Waals surface area contributed by atoms with E-state index in [1.807, 2.05) is 0 Å². The van der Waals surface area contributed by atoms with Crippen molar-refractivity contribution in [3.63, 3.8) is 0 Å². The predicted octanol–water partition coefficient (Wildman–Crippen LogP) is 3.26. The predicted molar refractivity (Wildman–Crippen MR) is 75.5 cm³/mol. The summed E-state index contributed by atoms with van der Waals surface area (Å²) >= 11 is 3.60. The van der Waals surface area contributed by atoms with E-state index >= 15 is 0 Å². The van der Waals surface area contributed by atoms with E-state index in [1.54, 1.807) is 0 Å². The van der Waals surface area contributed by atoms with Crippen LogP contribution in [0.5, 0.6) is 0 Å². The number of hydrogen-bond donors (Lipinski definition) is 1. The third kappa shape index (κ3) is 2.23. The summed E-state index contributed by atoms with van der Waals surface area (Å²) in [5.74, 6) is 0.849. The van der Waals surface area contributed by atoms with E-state index in [4.69, 9.17) is 0 Å². The van der Waals surface area contributed by atoms with E-state index in [0.717, 1.165) is 5.92 Å². The summed E-state index contributed by atoms with van der Waals surface area (Å²) in [6, 6.07) is 7.09. The van der Waals surface area contributed by atoms with Crippen LogP contribution in [-0.4, -0.2) is 30.6 Å². The van der Waals surface area contributed by atoms with Crippen LogP contribution in [0, 0.1) is 12.8 Å². The number of nitrogens with zero attached hydrogens (tertiary/aromatic N) is 1. The van der Waals surface area contributed by atoms with Gasteiger partial charge in [0.1, 0.15) is 0 Å². The number of piperidine rings is 1. The number of nitrogens with one attached hydrogen (secondary N) is 1. The largest absolute Gasteiger partial charge is 0.382 e. The second kappa shape index (κ2) is 4.62. The van der Waals surface area contributed by atoms with Gasteiger partial charge in [-0.3, -0.25) is 0 Å². The van der Waals surface area contributed by atoms with Gasteiger partial charge in [0.2, 0.25) is 0 Å². The van der Waals surface area contributed by atoms with Crippen LogP contribution < -0.4 is 5.32 Å². The molecule has 2 aliphatic rings. The van der Waals surface area contributed by atoms with E-state index in [-0.39, 0.29) is 0 Å². The third-order valence-electron chi connectivity index (χ3n) is 4.24. The monoisotopic (exact) mass is 294 g/mol. The Labute approximate surface area is 112 Å². The van der Waals surface area contributed by atoms with Crippen molar-refractivity contribution in [3.05, 3.63) is 28.2 Å². The molecule has 2 nitrogen and oxygen atoms in total. The second-order valence-electron chi connectivity index (χ2n) is 5.30. The zero-order valence-electron chi connectivity index (χ0n) is 10.2. The highest BCUT2D eigenvalue weighted by Crippen LogP contribution is 2.31. The van der Waals surface area contributed by atoms with Gasteiger partial charge in [0.15, 0.2) is 0 Å². The molecule has 1 N–H and O–H groups in total. The van der Waals surface area contributed by atoms with Gasteiger partial charge < -0.3 is 10.2 Å². The van der Waals surface area contributed by atoms with Crippen LogP contribution in [0.15, 0.2) is 22.7 Å². The van der Waals surface area contributed by atoms with Crippen molar-refractivity contribution < 1.29 is 0 Å². The van der Waals surface area contributed by atoms with Crippen LogP contribution in [0.1, 0.15) is 18.4 Å². The number of hydrogen-bond acceptors (Lipinski definition) is 2. The molecule has 0 amide bonds. The lowest BCUT2D eigenvalue weighted by Crippen LogP contribution is -2.39. The van der Waals surface area contributed by atoms with Crippen molar-refractivity contribution in [2.75, 3.05) is 25.0 Å². The van der Waals surface area contributed by atoms with Gasteiger partial charge in [-0.2, -0.15) is 0 Å². The first-order valence-corrected chi connectivity index (χ1v) is 7.27. The first-order valence-electron chi connectivity index (χ1n) is 6.48. The zero-order chi connectivity index (χ0) is 11.8. The zero-order valence-corrected chi connectivity index (χ0v) is 11.8. The maximum Gasteiger partial charge on any atom is 0.0383 e. The SMILES string of the molecule is Cc1c(Br)cccc1NC1CCN2CCC1C2. The molecule has 3 heteroatoms. The van der Waals surface area contributed by atoms with Crippen LogP contribution in [0.2, 0.25) is 0 Å². The molecular formula is C14H19BrN2. The van der Waals surface area contributed by atoms with E-state index in [2.05, 4.69) is 51.3 Å². The smallest absolute Gasteiger partial charge is 0.0383 e. The molecule has 17 heavy (non-hydrogen) atoms. The van der Waals surface area contributed by atoms with E-state index in [1.165, 1.54) is 48.2 Å². The average Bonchev–Trinajstić information content (AvgIpc) is 2.71. The minimum absolute atomic E-state index is 0.668. The molecule has 2 fully saturated rings. The molecule has 0 aliphatic carbocycles. The molecule has 3 unspecified atom stereocenters. The molecule has 1 aromatic carbocycles. The summed E-state index contributed by atoms with van der Waals surface area (Å²) in [6.45, 7) is 6.04. The second-order valence-corrected chi connectivity index (χ2v) is 6.16. The van der Waals surface area contributed by atoms with Gasteiger partial charge in [-0.1, -0.05) is 22.0 Å². The van der Waals surface area contributed by atoms with Crippen LogP contribution in [0.25, 0.3) is 0 Å². The van der Waals surface area contributed by atoms with Gasteiger partial charge in [0, 0.05) is 29.3 Å². The van der Waals surface area contributed by atoms with Gasteiger partial charge in [0.25, 0.3) is 0 Å². The summed E-state index contributed by atoms with van der Waals surface area (Å²) in [5, 5.41) is 3.76. The fourth-order valence-corrected chi connectivity index (χ4v) is 3.47. The molecule has 2 aliphatic heterocycles. The topological polar surface area (TPSA) is 15.3 Å². The molecule has 0 saturated carbocycles. The summed E-state index contributed by atoms with van der Waals surface area (Å²) in [6.07, 6.45) is 2.65. The van der Waals surface area contributed by atoms with Crippen LogP contribution in [0.3, 0.4) is 0 Å². The van der Waals surface area contributed by atoms with Gasteiger partial charge in [0.05, 0.1) is 0 Å². The Kier molecular flexibility index (Phi) is 3.14.